The van der Waals surface area contributed by atoms with E-state index in [4.69, 9.17) is 9.47 Å². The third-order valence-electron chi connectivity index (χ3n) is 4.14. The van der Waals surface area contributed by atoms with Crippen LogP contribution in [-0.2, 0) is 14.8 Å². The quantitative estimate of drug-likeness (QED) is 0.586. The van der Waals surface area contributed by atoms with E-state index < -0.39 is 27.6 Å². The van der Waals surface area contributed by atoms with Gasteiger partial charge in [-0.2, -0.15) is 4.31 Å². The molecular formula is C18H17F2NO5S. The predicted octanol–water partition coefficient (Wildman–Crippen LogP) is 2.51. The maximum absolute atomic E-state index is 13.3. The molecule has 0 aliphatic carbocycles. The maximum atomic E-state index is 13.3. The molecule has 0 spiro atoms. The highest BCUT2D eigenvalue weighted by Gasteiger charge is 2.27. The van der Waals surface area contributed by atoms with E-state index in [1.54, 1.807) is 6.92 Å². The van der Waals surface area contributed by atoms with Gasteiger partial charge in [0.15, 0.2) is 11.6 Å². The molecule has 3 rings (SSSR count). The minimum absolute atomic E-state index is 0.0223. The van der Waals surface area contributed by atoms with Gasteiger partial charge in [0.25, 0.3) is 0 Å². The van der Waals surface area contributed by atoms with Gasteiger partial charge in [-0.1, -0.05) is 6.07 Å². The van der Waals surface area contributed by atoms with E-state index >= 15 is 0 Å². The zero-order valence-electron chi connectivity index (χ0n) is 14.4. The number of hydrogen-bond donors (Lipinski definition) is 0. The van der Waals surface area contributed by atoms with Gasteiger partial charge in [0.05, 0.1) is 23.7 Å². The highest BCUT2D eigenvalue weighted by atomic mass is 32.2. The number of benzene rings is 2. The minimum Gasteiger partial charge on any atom is -0.423 e. The number of halogens is 2. The highest BCUT2D eigenvalue weighted by Crippen LogP contribution is 2.23. The van der Waals surface area contributed by atoms with Gasteiger partial charge in [-0.3, -0.25) is 0 Å². The lowest BCUT2D eigenvalue weighted by molar-refractivity contribution is 0.0726. The van der Waals surface area contributed by atoms with Crippen molar-refractivity contribution in [2.45, 2.75) is 11.8 Å². The van der Waals surface area contributed by atoms with Crippen molar-refractivity contribution in [1.82, 2.24) is 4.31 Å². The molecule has 2 aromatic rings. The summed E-state index contributed by atoms with van der Waals surface area (Å²) in [5.74, 6) is -3.26. The van der Waals surface area contributed by atoms with E-state index in [1.807, 2.05) is 0 Å². The van der Waals surface area contributed by atoms with Crippen molar-refractivity contribution in [2.75, 3.05) is 26.3 Å². The number of ether oxygens (including phenoxy) is 2. The van der Waals surface area contributed by atoms with E-state index in [2.05, 4.69) is 0 Å². The van der Waals surface area contributed by atoms with Gasteiger partial charge >= 0.3 is 5.97 Å². The molecular weight excluding hydrogens is 380 g/mol. The topological polar surface area (TPSA) is 72.9 Å². The fourth-order valence-corrected chi connectivity index (χ4v) is 4.05. The number of nitrogens with zero attached hydrogens (tertiary/aromatic N) is 1. The van der Waals surface area contributed by atoms with Crippen molar-refractivity contribution in [3.63, 3.8) is 0 Å². The number of hydrogen-bond acceptors (Lipinski definition) is 5. The number of rotatable bonds is 4. The lowest BCUT2D eigenvalue weighted by Crippen LogP contribution is -2.40. The predicted molar refractivity (Wildman–Crippen MR) is 92.1 cm³/mol. The summed E-state index contributed by atoms with van der Waals surface area (Å²) in [5, 5.41) is 0. The van der Waals surface area contributed by atoms with Crippen LogP contribution in [0.4, 0.5) is 8.78 Å². The Morgan fingerprint density at radius 3 is 2.44 bits per heavy atom. The summed E-state index contributed by atoms with van der Waals surface area (Å²) in [7, 11) is -3.78. The smallest absolute Gasteiger partial charge is 0.343 e. The van der Waals surface area contributed by atoms with Crippen LogP contribution in [0.5, 0.6) is 5.75 Å². The van der Waals surface area contributed by atoms with Gasteiger partial charge in [-0.05, 0) is 36.8 Å². The molecule has 1 aliphatic heterocycles. The Balaban J connectivity index is 1.88. The normalized spacial score (nSPS) is 15.5. The molecule has 2 aromatic carbocycles. The Hall–Kier alpha value is -2.36. The standard InChI is InChI=1S/C18H17F2NO5S/c1-12-2-4-14(27(23,24)21-6-8-25-9-7-21)11-15(12)18(22)26-13-3-5-16(19)17(20)10-13/h2-5,10-11H,6-9H2,1H3. The molecule has 144 valence electrons. The van der Waals surface area contributed by atoms with Crippen molar-refractivity contribution in [3.8, 4) is 5.75 Å². The Labute approximate surface area is 155 Å². The van der Waals surface area contributed by atoms with Gasteiger partial charge in [0.1, 0.15) is 5.75 Å². The van der Waals surface area contributed by atoms with Crippen LogP contribution in [-0.4, -0.2) is 45.0 Å². The average Bonchev–Trinajstić information content (AvgIpc) is 2.65. The second-order valence-corrected chi connectivity index (χ2v) is 7.90. The molecule has 1 heterocycles. The fourth-order valence-electron chi connectivity index (χ4n) is 2.62. The first kappa shape index (κ1) is 19.4. The second-order valence-electron chi connectivity index (χ2n) is 5.96. The number of aryl methyl sites for hydroxylation is 1. The van der Waals surface area contributed by atoms with Crippen LogP contribution in [0.25, 0.3) is 0 Å². The molecule has 0 unspecified atom stereocenters. The number of carbonyl (C=O) groups is 1. The average molecular weight is 397 g/mol. The zero-order chi connectivity index (χ0) is 19.6. The molecule has 0 amide bonds. The van der Waals surface area contributed by atoms with E-state index in [0.29, 0.717) is 18.8 Å². The fraction of sp³-hybridized carbons (Fsp3) is 0.278. The summed E-state index contributed by atoms with van der Waals surface area (Å²) >= 11 is 0. The SMILES string of the molecule is Cc1ccc(S(=O)(=O)N2CCOCC2)cc1C(=O)Oc1ccc(F)c(F)c1. The van der Waals surface area contributed by atoms with Crippen molar-refractivity contribution >= 4 is 16.0 Å². The molecule has 0 bridgehead atoms. The molecule has 0 aromatic heterocycles. The van der Waals surface area contributed by atoms with Crippen LogP contribution in [0.3, 0.4) is 0 Å². The molecule has 6 nitrogen and oxygen atoms in total. The molecule has 1 aliphatic rings. The minimum atomic E-state index is -3.78. The summed E-state index contributed by atoms with van der Waals surface area (Å²) in [6, 6.07) is 6.83. The Morgan fingerprint density at radius 1 is 1.07 bits per heavy atom. The highest BCUT2D eigenvalue weighted by molar-refractivity contribution is 7.89. The lowest BCUT2D eigenvalue weighted by atomic mass is 10.1. The Kier molecular flexibility index (Phi) is 5.54. The van der Waals surface area contributed by atoms with Crippen molar-refractivity contribution < 1.29 is 31.5 Å². The van der Waals surface area contributed by atoms with E-state index in [1.165, 1.54) is 22.5 Å². The summed E-state index contributed by atoms with van der Waals surface area (Å²) in [6.07, 6.45) is 0. The van der Waals surface area contributed by atoms with Crippen molar-refractivity contribution in [2.24, 2.45) is 0 Å². The molecule has 1 saturated heterocycles. The Morgan fingerprint density at radius 2 is 1.78 bits per heavy atom. The third-order valence-corrected chi connectivity index (χ3v) is 6.03. The van der Waals surface area contributed by atoms with Gasteiger partial charge in [0.2, 0.25) is 10.0 Å². The third kappa shape index (κ3) is 4.15. The Bertz CT molecular complexity index is 972. The second kappa shape index (κ2) is 7.71. The first-order valence-electron chi connectivity index (χ1n) is 8.15. The monoisotopic (exact) mass is 397 g/mol. The van der Waals surface area contributed by atoms with Gasteiger partial charge in [-0.15, -0.1) is 0 Å². The number of carbonyl (C=O) groups excluding carboxylic acids is 1. The van der Waals surface area contributed by atoms with Gasteiger partial charge < -0.3 is 9.47 Å². The van der Waals surface area contributed by atoms with Crippen LogP contribution < -0.4 is 4.74 Å². The largest absolute Gasteiger partial charge is 0.423 e. The molecule has 0 radical (unpaired) electrons. The maximum Gasteiger partial charge on any atom is 0.343 e. The molecule has 0 saturated carbocycles. The first-order valence-corrected chi connectivity index (χ1v) is 9.59. The van der Waals surface area contributed by atoms with Crippen LogP contribution >= 0.6 is 0 Å². The summed E-state index contributed by atoms with van der Waals surface area (Å²) < 4.78 is 63.2. The van der Waals surface area contributed by atoms with Gasteiger partial charge in [-0.25, -0.2) is 22.0 Å². The van der Waals surface area contributed by atoms with Crippen molar-refractivity contribution in [3.05, 3.63) is 59.2 Å². The van der Waals surface area contributed by atoms with E-state index in [9.17, 15) is 22.0 Å². The molecule has 0 atom stereocenters. The van der Waals surface area contributed by atoms with Crippen molar-refractivity contribution in [1.29, 1.82) is 0 Å². The van der Waals surface area contributed by atoms with E-state index in [0.717, 1.165) is 18.2 Å². The molecule has 9 heteroatoms. The molecule has 27 heavy (non-hydrogen) atoms. The van der Waals surface area contributed by atoms with Crippen LogP contribution in [0.1, 0.15) is 15.9 Å². The zero-order valence-corrected chi connectivity index (χ0v) is 15.3. The summed E-state index contributed by atoms with van der Waals surface area (Å²) in [6.45, 7) is 2.68. The van der Waals surface area contributed by atoms with E-state index in [-0.39, 0.29) is 29.3 Å². The van der Waals surface area contributed by atoms with Crippen LogP contribution in [0.2, 0.25) is 0 Å². The number of esters is 1. The summed E-state index contributed by atoms with van der Waals surface area (Å²) in [4.78, 5) is 12.4. The number of sulfonamides is 1. The molecule has 0 N–H and O–H groups in total. The van der Waals surface area contributed by atoms with Crippen LogP contribution in [0, 0.1) is 18.6 Å². The molecule has 1 fully saturated rings. The van der Waals surface area contributed by atoms with Gasteiger partial charge in [0, 0.05) is 19.2 Å². The lowest BCUT2D eigenvalue weighted by Gasteiger charge is -2.26. The number of morpholine rings is 1. The first-order chi connectivity index (χ1) is 12.8. The summed E-state index contributed by atoms with van der Waals surface area (Å²) in [5.41, 5.74) is 0.512. The van der Waals surface area contributed by atoms with Crippen LogP contribution in [0.15, 0.2) is 41.3 Å².